The van der Waals surface area contributed by atoms with Gasteiger partial charge in [0, 0.05) is 25.5 Å². The number of alkyl halides is 2. The van der Waals surface area contributed by atoms with E-state index >= 15 is 0 Å². The van der Waals surface area contributed by atoms with Crippen LogP contribution in [0.15, 0.2) is 12.4 Å². The molecule has 0 bridgehead atoms. The SMILES string of the molecule is OCCC1CCN(Cc2nccn2C(F)F)C1. The highest BCUT2D eigenvalue weighted by molar-refractivity contribution is 4.94. The second-order valence-electron chi connectivity index (χ2n) is 4.43. The van der Waals surface area contributed by atoms with Crippen molar-refractivity contribution in [2.24, 2.45) is 5.92 Å². The van der Waals surface area contributed by atoms with Crippen LogP contribution in [0.1, 0.15) is 25.2 Å². The van der Waals surface area contributed by atoms with Crippen molar-refractivity contribution in [1.82, 2.24) is 14.5 Å². The second kappa shape index (κ2) is 5.55. The number of aliphatic hydroxyl groups excluding tert-OH is 1. The molecular formula is C11H17F2N3O. The average molecular weight is 245 g/mol. The number of aromatic nitrogens is 2. The predicted octanol–water partition coefficient (Wildman–Crippen LogP) is 1.48. The van der Waals surface area contributed by atoms with E-state index < -0.39 is 6.55 Å². The van der Waals surface area contributed by atoms with Gasteiger partial charge >= 0.3 is 6.55 Å². The van der Waals surface area contributed by atoms with Gasteiger partial charge in [0.15, 0.2) is 0 Å². The summed E-state index contributed by atoms with van der Waals surface area (Å²) in [5.74, 6) is 0.889. The molecule has 17 heavy (non-hydrogen) atoms. The first-order chi connectivity index (χ1) is 8.20. The Hall–Kier alpha value is -1.01. The first kappa shape index (κ1) is 12.4. The zero-order chi connectivity index (χ0) is 12.3. The van der Waals surface area contributed by atoms with Crippen molar-refractivity contribution in [2.75, 3.05) is 19.7 Å². The van der Waals surface area contributed by atoms with Crippen LogP contribution < -0.4 is 0 Å². The van der Waals surface area contributed by atoms with Crippen LogP contribution in [0.2, 0.25) is 0 Å². The molecule has 1 atom stereocenters. The van der Waals surface area contributed by atoms with Gasteiger partial charge in [0.25, 0.3) is 0 Å². The second-order valence-corrected chi connectivity index (χ2v) is 4.43. The van der Waals surface area contributed by atoms with Gasteiger partial charge in [0.2, 0.25) is 0 Å². The van der Waals surface area contributed by atoms with E-state index in [4.69, 9.17) is 5.11 Å². The Balaban J connectivity index is 1.91. The molecular weight excluding hydrogens is 228 g/mol. The fourth-order valence-corrected chi connectivity index (χ4v) is 2.32. The monoisotopic (exact) mass is 245 g/mol. The summed E-state index contributed by atoms with van der Waals surface area (Å²) < 4.78 is 26.1. The Kier molecular flexibility index (Phi) is 4.06. The van der Waals surface area contributed by atoms with Crippen molar-refractivity contribution >= 4 is 0 Å². The molecule has 1 aliphatic rings. The third-order valence-corrected chi connectivity index (χ3v) is 3.23. The Morgan fingerprint density at radius 3 is 3.06 bits per heavy atom. The van der Waals surface area contributed by atoms with Gasteiger partial charge < -0.3 is 5.11 Å². The van der Waals surface area contributed by atoms with E-state index in [-0.39, 0.29) is 6.61 Å². The molecule has 0 aliphatic carbocycles. The van der Waals surface area contributed by atoms with Crippen molar-refractivity contribution in [3.63, 3.8) is 0 Å². The van der Waals surface area contributed by atoms with Crippen LogP contribution >= 0.6 is 0 Å². The number of imidazole rings is 1. The molecule has 6 heteroatoms. The lowest BCUT2D eigenvalue weighted by atomic mass is 10.1. The molecule has 2 rings (SSSR count). The van der Waals surface area contributed by atoms with Gasteiger partial charge in [0.1, 0.15) is 5.82 Å². The third-order valence-electron chi connectivity index (χ3n) is 3.23. The fraction of sp³-hybridized carbons (Fsp3) is 0.727. The van der Waals surface area contributed by atoms with Gasteiger partial charge in [-0.1, -0.05) is 0 Å². The molecule has 2 heterocycles. The van der Waals surface area contributed by atoms with Crippen molar-refractivity contribution in [3.05, 3.63) is 18.2 Å². The van der Waals surface area contributed by atoms with Crippen LogP contribution in [0.3, 0.4) is 0 Å². The molecule has 0 amide bonds. The van der Waals surface area contributed by atoms with Gasteiger partial charge in [-0.2, -0.15) is 8.78 Å². The largest absolute Gasteiger partial charge is 0.396 e. The predicted molar refractivity (Wildman–Crippen MR) is 58.6 cm³/mol. The van der Waals surface area contributed by atoms with Crippen LogP contribution in [0.4, 0.5) is 8.78 Å². The first-order valence-electron chi connectivity index (χ1n) is 5.83. The Bertz CT molecular complexity index is 356. The molecule has 0 radical (unpaired) electrons. The molecule has 1 aromatic heterocycles. The number of hydrogen-bond acceptors (Lipinski definition) is 3. The Morgan fingerprint density at radius 1 is 1.53 bits per heavy atom. The summed E-state index contributed by atoms with van der Waals surface area (Å²) in [6, 6.07) is 0. The van der Waals surface area contributed by atoms with Gasteiger partial charge in [0.05, 0.1) is 6.54 Å². The fourth-order valence-electron chi connectivity index (χ4n) is 2.32. The quantitative estimate of drug-likeness (QED) is 0.854. The minimum absolute atomic E-state index is 0.199. The van der Waals surface area contributed by atoms with Gasteiger partial charge in [-0.25, -0.2) is 4.98 Å². The number of halogens is 2. The van der Waals surface area contributed by atoms with Crippen LogP contribution in [0, 0.1) is 5.92 Å². The lowest BCUT2D eigenvalue weighted by Crippen LogP contribution is -2.23. The molecule has 0 saturated carbocycles. The van der Waals surface area contributed by atoms with Gasteiger partial charge in [-0.15, -0.1) is 0 Å². The maximum absolute atomic E-state index is 12.6. The van der Waals surface area contributed by atoms with E-state index in [0.29, 0.717) is 18.3 Å². The van der Waals surface area contributed by atoms with Crippen LogP contribution in [0.5, 0.6) is 0 Å². The van der Waals surface area contributed by atoms with Crippen molar-refractivity contribution in [1.29, 1.82) is 0 Å². The molecule has 4 nitrogen and oxygen atoms in total. The molecule has 1 aromatic rings. The van der Waals surface area contributed by atoms with Crippen molar-refractivity contribution in [2.45, 2.75) is 25.9 Å². The van der Waals surface area contributed by atoms with Crippen molar-refractivity contribution in [3.8, 4) is 0 Å². The van der Waals surface area contributed by atoms with E-state index in [2.05, 4.69) is 9.88 Å². The van der Waals surface area contributed by atoms with E-state index in [1.54, 1.807) is 0 Å². The van der Waals surface area contributed by atoms with E-state index in [0.717, 1.165) is 30.5 Å². The average Bonchev–Trinajstić information content (AvgIpc) is 2.89. The highest BCUT2D eigenvalue weighted by Crippen LogP contribution is 2.22. The summed E-state index contributed by atoms with van der Waals surface area (Å²) in [7, 11) is 0. The highest BCUT2D eigenvalue weighted by atomic mass is 19.3. The van der Waals surface area contributed by atoms with E-state index in [9.17, 15) is 8.78 Å². The van der Waals surface area contributed by atoms with E-state index in [1.165, 1.54) is 12.4 Å². The first-order valence-corrected chi connectivity index (χ1v) is 5.83. The number of rotatable bonds is 5. The molecule has 1 saturated heterocycles. The zero-order valence-corrected chi connectivity index (χ0v) is 9.60. The van der Waals surface area contributed by atoms with E-state index in [1.807, 2.05) is 0 Å². The topological polar surface area (TPSA) is 41.3 Å². The van der Waals surface area contributed by atoms with Crippen LogP contribution in [0.25, 0.3) is 0 Å². The molecule has 1 aliphatic heterocycles. The Labute approximate surface area is 98.9 Å². The maximum atomic E-state index is 12.6. The minimum Gasteiger partial charge on any atom is -0.396 e. The minimum atomic E-state index is -2.52. The molecule has 1 N–H and O–H groups in total. The molecule has 1 fully saturated rings. The molecule has 96 valence electrons. The molecule has 0 spiro atoms. The standard InChI is InChI=1S/C11H17F2N3O/c12-11(13)16-5-3-14-10(16)8-15-4-1-9(7-15)2-6-17/h3,5,9,11,17H,1-2,4,6-8H2. The summed E-state index contributed by atoms with van der Waals surface area (Å²) in [6.45, 7) is -0.121. The summed E-state index contributed by atoms with van der Waals surface area (Å²) in [5, 5.41) is 8.85. The lowest BCUT2D eigenvalue weighted by molar-refractivity contribution is 0.0644. The molecule has 1 unspecified atom stereocenters. The zero-order valence-electron chi connectivity index (χ0n) is 9.60. The number of aliphatic hydroxyl groups is 1. The number of likely N-dealkylation sites (tertiary alicyclic amines) is 1. The van der Waals surface area contributed by atoms with Crippen LogP contribution in [-0.2, 0) is 6.54 Å². The Morgan fingerprint density at radius 2 is 2.35 bits per heavy atom. The lowest BCUT2D eigenvalue weighted by Gasteiger charge is -2.16. The summed E-state index contributed by atoms with van der Waals surface area (Å²) >= 11 is 0. The molecule has 0 aromatic carbocycles. The van der Waals surface area contributed by atoms with Gasteiger partial charge in [-0.3, -0.25) is 9.47 Å². The maximum Gasteiger partial charge on any atom is 0.319 e. The smallest absolute Gasteiger partial charge is 0.319 e. The normalized spacial score (nSPS) is 21.5. The third kappa shape index (κ3) is 3.01. The highest BCUT2D eigenvalue weighted by Gasteiger charge is 2.23. The van der Waals surface area contributed by atoms with Crippen LogP contribution in [-0.4, -0.2) is 39.3 Å². The number of hydrogen-bond donors (Lipinski definition) is 1. The van der Waals surface area contributed by atoms with Gasteiger partial charge in [-0.05, 0) is 25.3 Å². The summed E-state index contributed by atoms with van der Waals surface area (Å²) in [6.07, 6.45) is 4.53. The summed E-state index contributed by atoms with van der Waals surface area (Å²) in [4.78, 5) is 6.08. The number of nitrogens with zero attached hydrogens (tertiary/aromatic N) is 3. The van der Waals surface area contributed by atoms with Crippen molar-refractivity contribution < 1.29 is 13.9 Å². The summed E-state index contributed by atoms with van der Waals surface area (Å²) in [5.41, 5.74) is 0.